The lowest BCUT2D eigenvalue weighted by Gasteiger charge is -2.22. The number of hydrogen-bond acceptors (Lipinski definition) is 2. The van der Waals surface area contributed by atoms with E-state index in [0.717, 1.165) is 26.1 Å². The van der Waals surface area contributed by atoms with E-state index in [2.05, 4.69) is 40.5 Å². The van der Waals surface area contributed by atoms with Crippen molar-refractivity contribution < 1.29 is 4.79 Å². The maximum absolute atomic E-state index is 12.6. The molecule has 4 rings (SSSR count). The van der Waals surface area contributed by atoms with Crippen LogP contribution in [-0.2, 0) is 6.54 Å². The summed E-state index contributed by atoms with van der Waals surface area (Å²) in [4.78, 5) is 15.1. The zero-order valence-corrected chi connectivity index (χ0v) is 16.0. The maximum Gasteiger partial charge on any atom is 0.251 e. The lowest BCUT2D eigenvalue weighted by Crippen LogP contribution is -2.39. The fraction of sp³-hybridized carbons (Fsp3) is 0.381. The van der Waals surface area contributed by atoms with Gasteiger partial charge in [0.05, 0.1) is 0 Å². The highest BCUT2D eigenvalue weighted by molar-refractivity contribution is 6.35. The average Bonchev–Trinajstić information content (AvgIpc) is 3.16. The smallest absolute Gasteiger partial charge is 0.251 e. The van der Waals surface area contributed by atoms with Gasteiger partial charge < -0.3 is 5.32 Å². The van der Waals surface area contributed by atoms with Crippen molar-refractivity contribution in [2.45, 2.75) is 25.4 Å². The minimum atomic E-state index is -0.0819. The zero-order valence-electron chi connectivity index (χ0n) is 14.5. The van der Waals surface area contributed by atoms with Gasteiger partial charge in [-0.15, -0.1) is 0 Å². The number of rotatable bonds is 4. The molecule has 2 fully saturated rings. The topological polar surface area (TPSA) is 32.3 Å². The van der Waals surface area contributed by atoms with E-state index in [1.54, 1.807) is 18.2 Å². The molecule has 2 aromatic carbocycles. The number of carbonyl (C=O) groups is 1. The van der Waals surface area contributed by atoms with Gasteiger partial charge >= 0.3 is 0 Å². The van der Waals surface area contributed by atoms with E-state index >= 15 is 0 Å². The fourth-order valence-corrected chi connectivity index (χ4v) is 4.97. The summed E-state index contributed by atoms with van der Waals surface area (Å²) in [7, 11) is 0. The molecular formula is C21H22Cl2N2O. The SMILES string of the molecule is O=C(NC1CCC2CN(Cc3ccccc3)CC21)c1cc(Cl)cc(Cl)c1. The van der Waals surface area contributed by atoms with Crippen LogP contribution in [0.15, 0.2) is 48.5 Å². The number of benzene rings is 2. The number of fused-ring (bicyclic) bond motifs is 1. The number of amides is 1. The van der Waals surface area contributed by atoms with Crippen LogP contribution >= 0.6 is 23.2 Å². The van der Waals surface area contributed by atoms with Crippen molar-refractivity contribution in [1.29, 1.82) is 0 Å². The molecule has 1 aliphatic carbocycles. The van der Waals surface area contributed by atoms with Gasteiger partial charge in [-0.1, -0.05) is 53.5 Å². The molecule has 1 heterocycles. The van der Waals surface area contributed by atoms with Crippen LogP contribution in [0.4, 0.5) is 0 Å². The molecule has 26 heavy (non-hydrogen) atoms. The summed E-state index contributed by atoms with van der Waals surface area (Å²) in [5.41, 5.74) is 1.88. The van der Waals surface area contributed by atoms with E-state index in [-0.39, 0.29) is 11.9 Å². The second-order valence-electron chi connectivity index (χ2n) is 7.42. The number of carbonyl (C=O) groups excluding carboxylic acids is 1. The molecule has 1 aliphatic heterocycles. The van der Waals surface area contributed by atoms with Crippen molar-refractivity contribution in [2.24, 2.45) is 11.8 Å². The maximum atomic E-state index is 12.6. The van der Waals surface area contributed by atoms with Crippen LogP contribution in [0.2, 0.25) is 10.0 Å². The molecule has 2 aromatic rings. The fourth-order valence-electron chi connectivity index (χ4n) is 4.44. The van der Waals surface area contributed by atoms with Crippen molar-refractivity contribution in [3.8, 4) is 0 Å². The van der Waals surface area contributed by atoms with Crippen molar-refractivity contribution in [2.75, 3.05) is 13.1 Å². The van der Waals surface area contributed by atoms with E-state index in [1.165, 1.54) is 12.0 Å². The molecule has 5 heteroatoms. The standard InChI is InChI=1S/C21H22Cl2N2O/c22-17-8-16(9-18(23)10-17)21(26)24-20-7-6-15-12-25(13-19(15)20)11-14-4-2-1-3-5-14/h1-5,8-10,15,19-20H,6-7,11-13H2,(H,24,26). The van der Waals surface area contributed by atoms with Gasteiger partial charge in [0.25, 0.3) is 5.91 Å². The molecular weight excluding hydrogens is 367 g/mol. The van der Waals surface area contributed by atoms with E-state index < -0.39 is 0 Å². The first-order valence-corrected chi connectivity index (χ1v) is 9.87. The Labute approximate surface area is 164 Å². The van der Waals surface area contributed by atoms with Crippen LogP contribution in [0.25, 0.3) is 0 Å². The van der Waals surface area contributed by atoms with Gasteiger partial charge in [0.1, 0.15) is 0 Å². The van der Waals surface area contributed by atoms with E-state index in [4.69, 9.17) is 23.2 Å². The van der Waals surface area contributed by atoms with Crippen LogP contribution in [0.5, 0.6) is 0 Å². The summed E-state index contributed by atoms with van der Waals surface area (Å²) in [6, 6.07) is 15.8. The molecule has 3 unspecified atom stereocenters. The van der Waals surface area contributed by atoms with Gasteiger partial charge in [-0.2, -0.15) is 0 Å². The van der Waals surface area contributed by atoms with Gasteiger partial charge in [0.2, 0.25) is 0 Å². The normalized spacial score (nSPS) is 25.2. The molecule has 1 amide bonds. The summed E-state index contributed by atoms with van der Waals surface area (Å²) in [6.45, 7) is 3.15. The Bertz CT molecular complexity index is 776. The lowest BCUT2D eigenvalue weighted by molar-refractivity contribution is 0.0926. The van der Waals surface area contributed by atoms with Crippen molar-refractivity contribution in [3.05, 3.63) is 69.7 Å². The second-order valence-corrected chi connectivity index (χ2v) is 8.29. The summed E-state index contributed by atoms with van der Waals surface area (Å²) < 4.78 is 0. The first-order valence-electron chi connectivity index (χ1n) is 9.12. The minimum absolute atomic E-state index is 0.0819. The van der Waals surface area contributed by atoms with Crippen LogP contribution in [-0.4, -0.2) is 29.9 Å². The van der Waals surface area contributed by atoms with Crippen LogP contribution in [0, 0.1) is 11.8 Å². The third kappa shape index (κ3) is 3.90. The zero-order chi connectivity index (χ0) is 18.1. The minimum Gasteiger partial charge on any atom is -0.349 e. The number of hydrogen-bond donors (Lipinski definition) is 1. The van der Waals surface area contributed by atoms with Crippen LogP contribution in [0.3, 0.4) is 0 Å². The molecule has 0 aromatic heterocycles. The molecule has 2 aliphatic rings. The molecule has 0 spiro atoms. The van der Waals surface area contributed by atoms with Gasteiger partial charge in [0, 0.05) is 41.3 Å². The van der Waals surface area contributed by atoms with E-state index in [0.29, 0.717) is 27.4 Å². The Morgan fingerprint density at radius 1 is 1.04 bits per heavy atom. The molecule has 1 saturated carbocycles. The monoisotopic (exact) mass is 388 g/mol. The van der Waals surface area contributed by atoms with Gasteiger partial charge in [-0.3, -0.25) is 9.69 Å². The molecule has 0 bridgehead atoms. The summed E-state index contributed by atoms with van der Waals surface area (Å²) >= 11 is 12.0. The van der Waals surface area contributed by atoms with E-state index in [9.17, 15) is 4.79 Å². The van der Waals surface area contributed by atoms with Gasteiger partial charge in [-0.05, 0) is 48.4 Å². The molecule has 1 N–H and O–H groups in total. The first-order chi connectivity index (χ1) is 12.6. The number of likely N-dealkylation sites (tertiary alicyclic amines) is 1. The Morgan fingerprint density at radius 2 is 1.77 bits per heavy atom. The van der Waals surface area contributed by atoms with Crippen molar-refractivity contribution in [3.63, 3.8) is 0 Å². The van der Waals surface area contributed by atoms with Crippen LogP contribution < -0.4 is 5.32 Å². The third-order valence-corrected chi connectivity index (χ3v) is 6.06. The highest BCUT2D eigenvalue weighted by Gasteiger charge is 2.43. The number of nitrogens with one attached hydrogen (secondary N) is 1. The third-order valence-electron chi connectivity index (χ3n) is 5.62. The van der Waals surface area contributed by atoms with Crippen molar-refractivity contribution >= 4 is 29.1 Å². The second kappa shape index (κ2) is 7.59. The van der Waals surface area contributed by atoms with Gasteiger partial charge in [0.15, 0.2) is 0 Å². The highest BCUT2D eigenvalue weighted by atomic mass is 35.5. The lowest BCUT2D eigenvalue weighted by atomic mass is 9.97. The molecule has 136 valence electrons. The average molecular weight is 389 g/mol. The quantitative estimate of drug-likeness (QED) is 0.827. The Balaban J connectivity index is 1.39. The largest absolute Gasteiger partial charge is 0.349 e. The van der Waals surface area contributed by atoms with Crippen LogP contribution in [0.1, 0.15) is 28.8 Å². The van der Waals surface area contributed by atoms with E-state index in [1.807, 2.05) is 0 Å². The van der Waals surface area contributed by atoms with Gasteiger partial charge in [-0.25, -0.2) is 0 Å². The summed E-state index contributed by atoms with van der Waals surface area (Å²) in [6.07, 6.45) is 2.23. The first kappa shape index (κ1) is 17.8. The molecule has 3 nitrogen and oxygen atoms in total. The molecule has 3 atom stereocenters. The summed E-state index contributed by atoms with van der Waals surface area (Å²) in [5.74, 6) is 1.12. The summed E-state index contributed by atoms with van der Waals surface area (Å²) in [5, 5.41) is 4.20. The highest BCUT2D eigenvalue weighted by Crippen LogP contribution is 2.38. The Morgan fingerprint density at radius 3 is 2.50 bits per heavy atom. The molecule has 1 saturated heterocycles. The predicted molar refractivity (Wildman–Crippen MR) is 106 cm³/mol. The number of nitrogens with zero attached hydrogens (tertiary/aromatic N) is 1. The predicted octanol–water partition coefficient (Wildman–Crippen LogP) is 4.63. The Hall–Kier alpha value is -1.55. The Kier molecular flexibility index (Phi) is 5.21. The molecule has 0 radical (unpaired) electrons. The number of halogens is 2. The van der Waals surface area contributed by atoms with Crippen molar-refractivity contribution in [1.82, 2.24) is 10.2 Å².